The van der Waals surface area contributed by atoms with Crippen LogP contribution in [0.5, 0.6) is 0 Å². The fourth-order valence-corrected chi connectivity index (χ4v) is 3.32. The Hall–Kier alpha value is -1.89. The summed E-state index contributed by atoms with van der Waals surface area (Å²) >= 11 is 1.62. The van der Waals surface area contributed by atoms with Gasteiger partial charge in [-0.2, -0.15) is 0 Å². The van der Waals surface area contributed by atoms with Gasteiger partial charge in [-0.25, -0.2) is 0 Å². The predicted molar refractivity (Wildman–Crippen MR) is 85.7 cm³/mol. The van der Waals surface area contributed by atoms with Crippen LogP contribution in [-0.4, -0.2) is 29.4 Å². The number of rotatable bonds is 6. The quantitative estimate of drug-likeness (QED) is 0.759. The normalized spacial score (nSPS) is 13.8. The number of fused-ring (bicyclic) bond motifs is 1. The van der Waals surface area contributed by atoms with Crippen LogP contribution in [0.3, 0.4) is 0 Å². The summed E-state index contributed by atoms with van der Waals surface area (Å²) in [5, 5.41) is 10.2. The van der Waals surface area contributed by atoms with E-state index in [0.29, 0.717) is 13.2 Å². The molecule has 0 aliphatic heterocycles. The van der Waals surface area contributed by atoms with Crippen molar-refractivity contribution in [1.82, 2.24) is 4.57 Å². The third-order valence-electron chi connectivity index (χ3n) is 3.31. The highest BCUT2D eigenvalue weighted by Gasteiger charge is 2.11. The summed E-state index contributed by atoms with van der Waals surface area (Å²) in [5.74, 6) is 0.755. The predicted octanol–water partition coefficient (Wildman–Crippen LogP) is 2.40. The number of thiazole rings is 1. The number of benzene rings is 1. The van der Waals surface area contributed by atoms with Crippen LogP contribution in [0.2, 0.25) is 0 Å². The molecule has 1 aromatic carbocycles. The first-order valence-electron chi connectivity index (χ1n) is 7.07. The van der Waals surface area contributed by atoms with Crippen LogP contribution in [0, 0.1) is 0 Å². The van der Waals surface area contributed by atoms with Crippen molar-refractivity contribution < 1.29 is 14.3 Å². The minimum absolute atomic E-state index is 0.251. The monoisotopic (exact) mass is 318 g/mol. The molecule has 0 bridgehead atoms. The third-order valence-corrected chi connectivity index (χ3v) is 4.46. The van der Waals surface area contributed by atoms with Gasteiger partial charge in [0.1, 0.15) is 12.4 Å². The van der Waals surface area contributed by atoms with Gasteiger partial charge in [-0.3, -0.25) is 4.99 Å². The van der Waals surface area contributed by atoms with Gasteiger partial charge in [0.05, 0.1) is 35.7 Å². The van der Waals surface area contributed by atoms with Gasteiger partial charge >= 0.3 is 0 Å². The molecule has 0 unspecified atom stereocenters. The first kappa shape index (κ1) is 15.0. The van der Waals surface area contributed by atoms with E-state index in [0.717, 1.165) is 20.8 Å². The number of aliphatic hydroxyl groups excluding tert-OH is 1. The van der Waals surface area contributed by atoms with E-state index >= 15 is 0 Å². The molecule has 2 aromatic heterocycles. The summed E-state index contributed by atoms with van der Waals surface area (Å²) in [5.41, 5.74) is 1.08. The highest BCUT2D eigenvalue weighted by molar-refractivity contribution is 7.16. The van der Waals surface area contributed by atoms with E-state index in [-0.39, 0.29) is 6.61 Å². The summed E-state index contributed by atoms with van der Waals surface area (Å²) in [4.78, 5) is 5.19. The molecule has 3 rings (SSSR count). The molecular formula is C16H18N2O3S. The molecule has 116 valence electrons. The standard InChI is InChI=1S/C16H18N2O3S/c1-17-16-18(14-6-2-3-7-15(14)22-16)9-12(19)10-20-11-13-5-4-8-21-13/h2-8,12,19H,9-11H2,1H3/t12-/m1/s1. The molecular weight excluding hydrogens is 300 g/mol. The number of aliphatic hydroxyl groups is 1. The number of furan rings is 1. The molecule has 1 N–H and O–H groups in total. The van der Waals surface area contributed by atoms with Crippen molar-refractivity contribution in [2.45, 2.75) is 19.3 Å². The molecule has 0 radical (unpaired) electrons. The molecule has 0 saturated carbocycles. The molecule has 1 atom stereocenters. The van der Waals surface area contributed by atoms with Gasteiger partial charge in [-0.1, -0.05) is 23.5 Å². The molecule has 0 aliphatic carbocycles. The van der Waals surface area contributed by atoms with Crippen molar-refractivity contribution in [3.05, 3.63) is 53.2 Å². The fourth-order valence-electron chi connectivity index (χ4n) is 2.32. The Morgan fingerprint density at radius 2 is 2.18 bits per heavy atom. The van der Waals surface area contributed by atoms with Gasteiger partial charge in [0, 0.05) is 7.05 Å². The Kier molecular flexibility index (Phi) is 4.72. The second-order valence-corrected chi connectivity index (χ2v) is 5.94. The van der Waals surface area contributed by atoms with E-state index in [1.165, 1.54) is 0 Å². The average Bonchev–Trinajstić information content (AvgIpc) is 3.15. The van der Waals surface area contributed by atoms with E-state index in [1.807, 2.05) is 34.9 Å². The first-order valence-corrected chi connectivity index (χ1v) is 7.89. The Morgan fingerprint density at radius 1 is 1.32 bits per heavy atom. The second-order valence-electron chi connectivity index (χ2n) is 4.93. The number of hydrogen-bond donors (Lipinski definition) is 1. The van der Waals surface area contributed by atoms with Crippen LogP contribution in [0.25, 0.3) is 10.2 Å². The molecule has 0 saturated heterocycles. The molecule has 0 fully saturated rings. The smallest absolute Gasteiger partial charge is 0.185 e. The summed E-state index contributed by atoms with van der Waals surface area (Å²) in [7, 11) is 1.76. The lowest BCUT2D eigenvalue weighted by Gasteiger charge is -2.12. The molecule has 5 nitrogen and oxygen atoms in total. The maximum Gasteiger partial charge on any atom is 0.185 e. The summed E-state index contributed by atoms with van der Waals surface area (Å²) < 4.78 is 13.9. The van der Waals surface area contributed by atoms with Crippen molar-refractivity contribution in [2.75, 3.05) is 13.7 Å². The second kappa shape index (κ2) is 6.91. The molecule has 6 heteroatoms. The van der Waals surface area contributed by atoms with Crippen molar-refractivity contribution in [2.24, 2.45) is 4.99 Å². The lowest BCUT2D eigenvalue weighted by molar-refractivity contribution is 0.0149. The Morgan fingerprint density at radius 3 is 2.95 bits per heavy atom. The van der Waals surface area contributed by atoms with Gasteiger partial charge in [-0.05, 0) is 24.3 Å². The zero-order chi connectivity index (χ0) is 15.4. The number of nitrogens with zero attached hydrogens (tertiary/aromatic N) is 2. The van der Waals surface area contributed by atoms with Crippen LogP contribution in [0.15, 0.2) is 52.1 Å². The summed E-state index contributed by atoms with van der Waals surface area (Å²) in [6, 6.07) is 11.8. The topological polar surface area (TPSA) is 59.9 Å². The number of aromatic nitrogens is 1. The minimum atomic E-state index is -0.599. The van der Waals surface area contributed by atoms with E-state index < -0.39 is 6.10 Å². The van der Waals surface area contributed by atoms with Gasteiger partial charge in [0.15, 0.2) is 4.80 Å². The highest BCUT2D eigenvalue weighted by Crippen LogP contribution is 2.17. The van der Waals surface area contributed by atoms with Crippen LogP contribution < -0.4 is 4.80 Å². The largest absolute Gasteiger partial charge is 0.467 e. The van der Waals surface area contributed by atoms with Gasteiger partial charge in [0.25, 0.3) is 0 Å². The molecule has 3 aromatic rings. The van der Waals surface area contributed by atoms with Gasteiger partial charge in [-0.15, -0.1) is 0 Å². The number of ether oxygens (including phenoxy) is 1. The van der Waals surface area contributed by atoms with Crippen molar-refractivity contribution in [1.29, 1.82) is 0 Å². The minimum Gasteiger partial charge on any atom is -0.467 e. The van der Waals surface area contributed by atoms with E-state index in [4.69, 9.17) is 9.15 Å². The SMILES string of the molecule is CN=c1sc2ccccc2n1C[C@@H](O)COCc1ccco1. The summed E-state index contributed by atoms with van der Waals surface area (Å²) in [6.45, 7) is 1.07. The third kappa shape index (κ3) is 3.30. The van der Waals surface area contributed by atoms with Crippen LogP contribution in [0.4, 0.5) is 0 Å². The van der Waals surface area contributed by atoms with Crippen LogP contribution in [0.1, 0.15) is 5.76 Å². The zero-order valence-corrected chi connectivity index (χ0v) is 13.1. The Balaban J connectivity index is 1.67. The maximum absolute atomic E-state index is 10.2. The number of hydrogen-bond acceptors (Lipinski definition) is 5. The molecule has 0 aliphatic rings. The van der Waals surface area contributed by atoms with E-state index in [9.17, 15) is 5.11 Å². The number of para-hydroxylation sites is 1. The van der Waals surface area contributed by atoms with E-state index in [2.05, 4.69) is 11.1 Å². The summed E-state index contributed by atoms with van der Waals surface area (Å²) in [6.07, 6.45) is 1.01. The fraction of sp³-hybridized carbons (Fsp3) is 0.312. The van der Waals surface area contributed by atoms with Crippen LogP contribution in [-0.2, 0) is 17.9 Å². The molecule has 0 spiro atoms. The van der Waals surface area contributed by atoms with Crippen molar-refractivity contribution >= 4 is 21.6 Å². The zero-order valence-electron chi connectivity index (χ0n) is 12.3. The maximum atomic E-state index is 10.2. The lowest BCUT2D eigenvalue weighted by Crippen LogP contribution is -2.27. The van der Waals surface area contributed by atoms with E-state index in [1.54, 1.807) is 24.6 Å². The first-order chi connectivity index (χ1) is 10.8. The Labute approximate surface area is 132 Å². The van der Waals surface area contributed by atoms with Gasteiger partial charge < -0.3 is 18.8 Å². The molecule has 22 heavy (non-hydrogen) atoms. The van der Waals surface area contributed by atoms with Crippen molar-refractivity contribution in [3.8, 4) is 0 Å². The average molecular weight is 318 g/mol. The Bertz CT molecular complexity index is 789. The molecule has 0 amide bonds. The van der Waals surface area contributed by atoms with Crippen molar-refractivity contribution in [3.63, 3.8) is 0 Å². The van der Waals surface area contributed by atoms with Crippen LogP contribution >= 0.6 is 11.3 Å². The molecule has 2 heterocycles. The lowest BCUT2D eigenvalue weighted by atomic mass is 10.3. The highest BCUT2D eigenvalue weighted by atomic mass is 32.1. The van der Waals surface area contributed by atoms with Gasteiger partial charge in [0.2, 0.25) is 0 Å².